The van der Waals surface area contributed by atoms with E-state index in [2.05, 4.69) is 25.6 Å². The lowest BCUT2D eigenvalue weighted by Gasteiger charge is -2.29. The molecule has 0 aromatic carbocycles. The zero-order valence-corrected chi connectivity index (χ0v) is 12.5. The van der Waals surface area contributed by atoms with Crippen molar-refractivity contribution in [1.82, 2.24) is 30.4 Å². The number of imide groups is 1. The number of fused-ring (bicyclic) bond motifs is 1. The third-order valence-electron chi connectivity index (χ3n) is 3.35. The van der Waals surface area contributed by atoms with Crippen LogP contribution in [0.1, 0.15) is 5.82 Å². The molecule has 3 amide bonds. The van der Waals surface area contributed by atoms with Crippen LogP contribution in [0.2, 0.25) is 0 Å². The maximum Gasteiger partial charge on any atom is 0.358 e. The molecule has 0 aliphatic carbocycles. The summed E-state index contributed by atoms with van der Waals surface area (Å²) < 4.78 is 1.75. The molecule has 110 valence electrons. The van der Waals surface area contributed by atoms with Crippen molar-refractivity contribution in [3.8, 4) is 0 Å². The van der Waals surface area contributed by atoms with E-state index in [1.54, 1.807) is 18.7 Å². The Morgan fingerprint density at radius 3 is 2.76 bits per heavy atom. The number of hydrogen-bond acceptors (Lipinski definition) is 7. The minimum Gasteiger partial charge on any atom is -0.269 e. The molecule has 0 spiro atoms. The van der Waals surface area contributed by atoms with E-state index in [4.69, 9.17) is 0 Å². The van der Waals surface area contributed by atoms with Gasteiger partial charge in [-0.3, -0.25) is 14.6 Å². The SMILES string of the molecule is CN1C(=O)C2C(=NC(SCc3nn[nH]n3)=[N+]2C)N(C)C1=O. The normalized spacial score (nSPS) is 22.0. The van der Waals surface area contributed by atoms with Gasteiger partial charge in [0.1, 0.15) is 0 Å². The number of H-pyrrole nitrogens is 1. The van der Waals surface area contributed by atoms with Crippen molar-refractivity contribution in [1.29, 1.82) is 0 Å². The Morgan fingerprint density at radius 2 is 2.10 bits per heavy atom. The minimum absolute atomic E-state index is 0.283. The molecule has 10 nitrogen and oxygen atoms in total. The molecule has 21 heavy (non-hydrogen) atoms. The molecule has 11 heteroatoms. The molecule has 0 saturated carbocycles. The number of hydrogen-bond donors (Lipinski definition) is 1. The smallest absolute Gasteiger partial charge is 0.269 e. The quantitative estimate of drug-likeness (QED) is 0.682. The first-order valence-electron chi connectivity index (χ1n) is 6.09. The molecule has 1 aromatic heterocycles. The van der Waals surface area contributed by atoms with E-state index >= 15 is 0 Å². The molecule has 3 rings (SSSR count). The summed E-state index contributed by atoms with van der Waals surface area (Å²) in [7, 11) is 4.85. The van der Waals surface area contributed by atoms with Crippen molar-refractivity contribution in [2.24, 2.45) is 4.99 Å². The average molecular weight is 309 g/mol. The number of nitrogens with zero attached hydrogens (tertiary/aromatic N) is 7. The van der Waals surface area contributed by atoms with Gasteiger partial charge < -0.3 is 0 Å². The van der Waals surface area contributed by atoms with Crippen LogP contribution in [0.5, 0.6) is 0 Å². The predicted octanol–water partition coefficient (Wildman–Crippen LogP) is -1.26. The van der Waals surface area contributed by atoms with Gasteiger partial charge in [-0.15, -0.1) is 10.2 Å². The highest BCUT2D eigenvalue weighted by molar-refractivity contribution is 8.13. The Bertz CT molecular complexity index is 667. The molecule has 3 heterocycles. The fourth-order valence-electron chi connectivity index (χ4n) is 2.16. The summed E-state index contributed by atoms with van der Waals surface area (Å²) in [5, 5.41) is 14.2. The summed E-state index contributed by atoms with van der Waals surface area (Å²) in [6.45, 7) is 0. The van der Waals surface area contributed by atoms with Crippen molar-refractivity contribution in [2.45, 2.75) is 11.8 Å². The number of rotatable bonds is 2. The lowest BCUT2D eigenvalue weighted by molar-refractivity contribution is -0.502. The third kappa shape index (κ3) is 2.09. The second-order valence-electron chi connectivity index (χ2n) is 4.62. The lowest BCUT2D eigenvalue weighted by atomic mass is 10.2. The predicted molar refractivity (Wildman–Crippen MR) is 73.8 cm³/mol. The van der Waals surface area contributed by atoms with E-state index in [9.17, 15) is 9.59 Å². The van der Waals surface area contributed by atoms with Crippen molar-refractivity contribution < 1.29 is 14.2 Å². The Labute approximate surface area is 123 Å². The third-order valence-corrected chi connectivity index (χ3v) is 4.39. The monoisotopic (exact) mass is 309 g/mol. The van der Waals surface area contributed by atoms with Gasteiger partial charge in [-0.05, 0) is 16.8 Å². The van der Waals surface area contributed by atoms with Crippen LogP contribution in [0.25, 0.3) is 0 Å². The molecule has 2 aliphatic heterocycles. The van der Waals surface area contributed by atoms with E-state index in [1.807, 2.05) is 0 Å². The van der Waals surface area contributed by atoms with Crippen molar-refractivity contribution in [3.05, 3.63) is 5.82 Å². The molecule has 0 radical (unpaired) electrons. The summed E-state index contributed by atoms with van der Waals surface area (Å²) in [6.07, 6.45) is 0. The van der Waals surface area contributed by atoms with Gasteiger partial charge in [0.2, 0.25) is 0 Å². The van der Waals surface area contributed by atoms with E-state index in [0.29, 0.717) is 22.6 Å². The van der Waals surface area contributed by atoms with Gasteiger partial charge in [0.05, 0.1) is 12.8 Å². The van der Waals surface area contributed by atoms with Crippen LogP contribution in [-0.4, -0.2) is 85.1 Å². The van der Waals surface area contributed by atoms with Crippen molar-refractivity contribution >= 4 is 34.7 Å². The molecular weight excluding hydrogens is 296 g/mol. The maximum absolute atomic E-state index is 12.2. The number of thioether (sulfide) groups is 1. The maximum atomic E-state index is 12.2. The summed E-state index contributed by atoms with van der Waals surface area (Å²) in [4.78, 5) is 31.1. The van der Waals surface area contributed by atoms with Crippen molar-refractivity contribution in [2.75, 3.05) is 21.1 Å². The summed E-state index contributed by atoms with van der Waals surface area (Å²) in [5.74, 6) is 1.18. The first-order chi connectivity index (χ1) is 10.0. The van der Waals surface area contributed by atoms with Gasteiger partial charge in [0.15, 0.2) is 5.82 Å². The van der Waals surface area contributed by atoms with E-state index < -0.39 is 6.04 Å². The number of urea groups is 1. The van der Waals surface area contributed by atoms with Gasteiger partial charge in [-0.25, -0.2) is 9.37 Å². The number of carbonyl (C=O) groups excluding carboxylic acids is 2. The molecule has 0 bridgehead atoms. The first kappa shape index (κ1) is 13.7. The molecular formula is C10H13N8O2S+. The van der Waals surface area contributed by atoms with E-state index in [1.165, 1.54) is 23.7 Å². The first-order valence-corrected chi connectivity index (χ1v) is 7.08. The average Bonchev–Trinajstić information content (AvgIpc) is 3.09. The number of likely N-dealkylation sites (N-methyl/N-ethyl adjacent to an activating group) is 3. The van der Waals surface area contributed by atoms with Crippen LogP contribution in [0.3, 0.4) is 0 Å². The van der Waals surface area contributed by atoms with Crippen LogP contribution in [-0.2, 0) is 10.5 Å². The lowest BCUT2D eigenvalue weighted by Crippen LogP contribution is -2.61. The Balaban J connectivity index is 1.85. The number of amides is 3. The molecule has 2 aliphatic rings. The summed E-state index contributed by atoms with van der Waals surface area (Å²) >= 11 is 1.38. The van der Waals surface area contributed by atoms with Crippen LogP contribution in [0.4, 0.5) is 4.79 Å². The number of carbonyl (C=O) groups is 2. The standard InChI is InChI=1S/C10H13N8O2S/c1-16-6-7(17(2)10(20)18(3)8(6)19)11-9(16)21-4-5-12-14-15-13-5/h6H,4H2,1-3H3,(H,12,13,14,15)/q+1. The Hall–Kier alpha value is -2.30. The second-order valence-corrected chi connectivity index (χ2v) is 5.56. The number of amidine groups is 2. The van der Waals surface area contributed by atoms with Crippen LogP contribution >= 0.6 is 11.8 Å². The van der Waals surface area contributed by atoms with E-state index in [-0.39, 0.29) is 11.9 Å². The zero-order chi connectivity index (χ0) is 15.1. The van der Waals surface area contributed by atoms with Gasteiger partial charge >= 0.3 is 11.2 Å². The largest absolute Gasteiger partial charge is 0.358 e. The number of aliphatic imine (C=N–C) groups is 1. The second kappa shape index (κ2) is 4.91. The fraction of sp³-hybridized carbons (Fsp3) is 0.500. The summed E-state index contributed by atoms with van der Waals surface area (Å²) in [6, 6.07) is -0.946. The van der Waals surface area contributed by atoms with Crippen LogP contribution in [0.15, 0.2) is 4.99 Å². The van der Waals surface area contributed by atoms with Gasteiger partial charge in [0, 0.05) is 14.1 Å². The highest BCUT2D eigenvalue weighted by Gasteiger charge is 2.52. The van der Waals surface area contributed by atoms with Gasteiger partial charge in [0.25, 0.3) is 17.8 Å². The van der Waals surface area contributed by atoms with E-state index in [0.717, 1.165) is 4.90 Å². The van der Waals surface area contributed by atoms with Gasteiger partial charge in [-0.1, -0.05) is 5.21 Å². The fourth-order valence-corrected chi connectivity index (χ4v) is 3.01. The number of nitrogens with one attached hydrogen (secondary N) is 1. The topological polar surface area (TPSA) is 110 Å². The molecule has 1 fully saturated rings. The van der Waals surface area contributed by atoms with Crippen LogP contribution in [0, 0.1) is 0 Å². The molecule has 1 aromatic rings. The zero-order valence-electron chi connectivity index (χ0n) is 11.6. The Kier molecular flexibility index (Phi) is 3.20. The number of tetrazole rings is 1. The molecule has 1 saturated heterocycles. The highest BCUT2D eigenvalue weighted by atomic mass is 32.2. The van der Waals surface area contributed by atoms with Gasteiger partial charge in [-0.2, -0.15) is 5.21 Å². The minimum atomic E-state index is -0.564. The molecule has 1 unspecified atom stereocenters. The molecule has 1 N–H and O–H groups in total. The van der Waals surface area contributed by atoms with Crippen molar-refractivity contribution in [3.63, 3.8) is 0 Å². The molecule has 1 atom stereocenters. The number of aromatic nitrogens is 4. The van der Waals surface area contributed by atoms with Crippen LogP contribution < -0.4 is 0 Å². The highest BCUT2D eigenvalue weighted by Crippen LogP contribution is 2.22. The Morgan fingerprint density at radius 1 is 1.33 bits per heavy atom. The number of aromatic amines is 1. The summed E-state index contributed by atoms with van der Waals surface area (Å²) in [5.41, 5.74) is 0.